The minimum atomic E-state index is -5.01. The highest BCUT2D eigenvalue weighted by atomic mass is 31.2. The lowest BCUT2D eigenvalue weighted by Crippen LogP contribution is -2.64. The molecule has 0 amide bonds. The fourth-order valence-corrected chi connectivity index (χ4v) is 2.05. The van der Waals surface area contributed by atoms with E-state index in [9.17, 15) is 25.0 Å². The van der Waals surface area contributed by atoms with Crippen molar-refractivity contribution < 1.29 is 44.4 Å². The molecule has 1 fully saturated rings. The van der Waals surface area contributed by atoms with E-state index in [1.807, 2.05) is 0 Å². The van der Waals surface area contributed by atoms with Crippen molar-refractivity contribution >= 4 is 7.82 Å². The molecule has 1 aliphatic carbocycles. The minimum absolute atomic E-state index is 1.83. The molecule has 0 aliphatic heterocycles. The predicted molar refractivity (Wildman–Crippen MR) is 47.0 cm³/mol. The standard InChI is InChI=1S/C6H13O9P/c7-1-2(8)4(10)6(5(11)3(1)9)15-16(12,13)14/h1-11H,(H2,12,13,14)/t1?,2-,3?,4?,5+,6-/m0/s1. The molecule has 16 heavy (non-hydrogen) atoms. The fraction of sp³-hybridized carbons (Fsp3) is 1.00. The second-order valence-electron chi connectivity index (χ2n) is 3.51. The van der Waals surface area contributed by atoms with Crippen LogP contribution in [0.4, 0.5) is 0 Å². The number of hydrogen-bond acceptors (Lipinski definition) is 7. The maximum Gasteiger partial charge on any atom is 0.470 e. The van der Waals surface area contributed by atoms with Crippen molar-refractivity contribution in [3.8, 4) is 0 Å². The summed E-state index contributed by atoms with van der Waals surface area (Å²) in [4.78, 5) is 17.0. The van der Waals surface area contributed by atoms with Crippen molar-refractivity contribution in [3.05, 3.63) is 0 Å². The van der Waals surface area contributed by atoms with E-state index in [4.69, 9.17) is 14.9 Å². The molecule has 0 spiro atoms. The Labute approximate surface area is 89.8 Å². The lowest BCUT2D eigenvalue weighted by atomic mass is 9.85. The highest BCUT2D eigenvalue weighted by Crippen LogP contribution is 2.41. The number of phosphoric ester groups is 1. The largest absolute Gasteiger partial charge is 0.470 e. The molecular weight excluding hydrogens is 247 g/mol. The van der Waals surface area contributed by atoms with E-state index >= 15 is 0 Å². The van der Waals surface area contributed by atoms with E-state index in [0.29, 0.717) is 0 Å². The molecular formula is C6H13O9P. The van der Waals surface area contributed by atoms with Gasteiger partial charge in [0.2, 0.25) is 0 Å². The fourth-order valence-electron chi connectivity index (χ4n) is 1.48. The molecule has 1 rings (SSSR count). The van der Waals surface area contributed by atoms with Gasteiger partial charge >= 0.3 is 7.82 Å². The molecule has 0 aromatic heterocycles. The summed E-state index contributed by atoms with van der Waals surface area (Å²) in [5, 5.41) is 46.1. The van der Waals surface area contributed by atoms with Crippen molar-refractivity contribution in [2.24, 2.45) is 0 Å². The summed E-state index contributed by atoms with van der Waals surface area (Å²) in [5.74, 6) is 0. The number of hydrogen-bond donors (Lipinski definition) is 7. The van der Waals surface area contributed by atoms with Crippen LogP contribution in [0.25, 0.3) is 0 Å². The Hall–Kier alpha value is -0.0900. The highest BCUT2D eigenvalue weighted by Gasteiger charge is 2.50. The van der Waals surface area contributed by atoms with Crippen LogP contribution in [0, 0.1) is 0 Å². The first kappa shape index (κ1) is 14.0. The van der Waals surface area contributed by atoms with Crippen molar-refractivity contribution in [1.82, 2.24) is 0 Å². The Morgan fingerprint density at radius 3 is 1.38 bits per heavy atom. The quantitative estimate of drug-likeness (QED) is 0.247. The first-order valence-corrected chi connectivity index (χ1v) is 5.82. The summed E-state index contributed by atoms with van der Waals surface area (Å²) in [6.07, 6.45) is -11.3. The number of rotatable bonds is 2. The number of phosphoric acid groups is 1. The van der Waals surface area contributed by atoms with Crippen LogP contribution in [-0.2, 0) is 9.09 Å². The van der Waals surface area contributed by atoms with Gasteiger partial charge in [-0.15, -0.1) is 0 Å². The van der Waals surface area contributed by atoms with Crippen LogP contribution in [0.1, 0.15) is 0 Å². The third kappa shape index (κ3) is 2.77. The van der Waals surface area contributed by atoms with Gasteiger partial charge in [0.05, 0.1) is 0 Å². The van der Waals surface area contributed by atoms with Gasteiger partial charge < -0.3 is 35.3 Å². The SMILES string of the molecule is O=P(O)(O)O[C@H]1C(O)[C@@H](O)C(O)C(O)[C@H]1O. The average Bonchev–Trinajstić information content (AvgIpc) is 2.17. The second-order valence-corrected chi connectivity index (χ2v) is 4.71. The third-order valence-electron chi connectivity index (χ3n) is 2.33. The van der Waals surface area contributed by atoms with Gasteiger partial charge in [-0.2, -0.15) is 0 Å². The van der Waals surface area contributed by atoms with Crippen LogP contribution in [0.5, 0.6) is 0 Å². The molecule has 0 aromatic rings. The molecule has 10 heteroatoms. The topological polar surface area (TPSA) is 168 Å². The Bertz CT molecular complexity index is 274. The molecule has 1 saturated carbocycles. The molecule has 3 unspecified atom stereocenters. The summed E-state index contributed by atoms with van der Waals surface area (Å²) in [7, 11) is -5.01. The molecule has 0 bridgehead atoms. The Balaban J connectivity index is 2.87. The van der Waals surface area contributed by atoms with Crippen LogP contribution >= 0.6 is 7.82 Å². The van der Waals surface area contributed by atoms with E-state index in [-0.39, 0.29) is 0 Å². The maximum atomic E-state index is 10.5. The van der Waals surface area contributed by atoms with E-state index < -0.39 is 44.4 Å². The molecule has 9 nitrogen and oxygen atoms in total. The zero-order valence-corrected chi connectivity index (χ0v) is 8.75. The van der Waals surface area contributed by atoms with Crippen LogP contribution in [0.15, 0.2) is 0 Å². The van der Waals surface area contributed by atoms with Crippen molar-refractivity contribution in [2.75, 3.05) is 0 Å². The van der Waals surface area contributed by atoms with E-state index in [1.165, 1.54) is 0 Å². The zero-order valence-electron chi connectivity index (χ0n) is 7.86. The number of aliphatic hydroxyl groups is 5. The van der Waals surface area contributed by atoms with Gasteiger partial charge in [0.15, 0.2) is 0 Å². The summed E-state index contributed by atoms with van der Waals surface area (Å²) in [5.41, 5.74) is 0. The van der Waals surface area contributed by atoms with Gasteiger partial charge in [-0.05, 0) is 0 Å². The molecule has 0 radical (unpaired) electrons. The van der Waals surface area contributed by atoms with Crippen LogP contribution in [0.2, 0.25) is 0 Å². The van der Waals surface area contributed by atoms with Gasteiger partial charge in [0.25, 0.3) is 0 Å². The van der Waals surface area contributed by atoms with Crippen LogP contribution < -0.4 is 0 Å². The average molecular weight is 260 g/mol. The van der Waals surface area contributed by atoms with Crippen molar-refractivity contribution in [3.63, 3.8) is 0 Å². The first-order valence-electron chi connectivity index (χ1n) is 4.29. The summed E-state index contributed by atoms with van der Waals surface area (Å²) < 4.78 is 14.5. The van der Waals surface area contributed by atoms with Gasteiger partial charge in [-0.1, -0.05) is 0 Å². The molecule has 1 aliphatic rings. The van der Waals surface area contributed by atoms with E-state index in [2.05, 4.69) is 4.52 Å². The smallest absolute Gasteiger partial charge is 0.387 e. The van der Waals surface area contributed by atoms with Crippen LogP contribution in [0.3, 0.4) is 0 Å². The Kier molecular flexibility index (Phi) is 4.06. The van der Waals surface area contributed by atoms with E-state index in [1.54, 1.807) is 0 Å². The Morgan fingerprint density at radius 1 is 0.750 bits per heavy atom. The first-order chi connectivity index (χ1) is 7.15. The third-order valence-corrected chi connectivity index (χ3v) is 2.85. The summed E-state index contributed by atoms with van der Waals surface area (Å²) in [6, 6.07) is 0. The monoisotopic (exact) mass is 260 g/mol. The minimum Gasteiger partial charge on any atom is -0.387 e. The van der Waals surface area contributed by atoms with Crippen LogP contribution in [-0.4, -0.2) is 71.9 Å². The maximum absolute atomic E-state index is 10.5. The molecule has 0 heterocycles. The highest BCUT2D eigenvalue weighted by molar-refractivity contribution is 7.46. The lowest BCUT2D eigenvalue weighted by Gasteiger charge is -2.41. The molecule has 0 aromatic carbocycles. The van der Waals surface area contributed by atoms with Gasteiger partial charge in [-0.25, -0.2) is 4.57 Å². The van der Waals surface area contributed by atoms with E-state index in [0.717, 1.165) is 0 Å². The van der Waals surface area contributed by atoms with Crippen molar-refractivity contribution in [2.45, 2.75) is 36.6 Å². The molecule has 0 saturated heterocycles. The Morgan fingerprint density at radius 2 is 1.06 bits per heavy atom. The van der Waals surface area contributed by atoms with Gasteiger partial charge in [0.1, 0.15) is 36.6 Å². The summed E-state index contributed by atoms with van der Waals surface area (Å²) >= 11 is 0. The predicted octanol–water partition coefficient (Wildman–Crippen LogP) is -3.72. The lowest BCUT2D eigenvalue weighted by molar-refractivity contribution is -0.219. The molecule has 7 N–H and O–H groups in total. The van der Waals surface area contributed by atoms with Gasteiger partial charge in [0, 0.05) is 0 Å². The van der Waals surface area contributed by atoms with Crippen molar-refractivity contribution in [1.29, 1.82) is 0 Å². The zero-order chi connectivity index (χ0) is 12.7. The summed E-state index contributed by atoms with van der Waals surface area (Å²) in [6.45, 7) is 0. The number of aliphatic hydroxyl groups excluding tert-OH is 5. The normalized spacial score (nSPS) is 45.7. The van der Waals surface area contributed by atoms with Gasteiger partial charge in [-0.3, -0.25) is 4.52 Å². The second kappa shape index (κ2) is 4.65. The molecule has 96 valence electrons. The molecule has 6 atom stereocenters.